The number of carbonyl (C=O) groups is 2. The molecule has 3 N–H and O–H groups in total. The number of piperidine rings is 1. The number of hydrogen-bond acceptors (Lipinski definition) is 2. The number of aromatic amines is 1. The van der Waals surface area contributed by atoms with Gasteiger partial charge in [-0.3, -0.25) is 9.59 Å². The van der Waals surface area contributed by atoms with Crippen molar-refractivity contribution in [2.75, 3.05) is 13.1 Å². The predicted molar refractivity (Wildman–Crippen MR) is 83.8 cm³/mol. The van der Waals surface area contributed by atoms with E-state index in [1.165, 1.54) is 0 Å². The van der Waals surface area contributed by atoms with Gasteiger partial charge in [-0.2, -0.15) is 0 Å². The van der Waals surface area contributed by atoms with Gasteiger partial charge in [-0.15, -0.1) is 0 Å². The van der Waals surface area contributed by atoms with Crippen molar-refractivity contribution in [1.82, 2.24) is 9.88 Å². The van der Waals surface area contributed by atoms with E-state index in [1.807, 2.05) is 24.3 Å². The zero-order chi connectivity index (χ0) is 15.0. The molecular formula is C15H16BrN3O2. The van der Waals surface area contributed by atoms with Crippen LogP contribution in [-0.4, -0.2) is 34.8 Å². The Balaban J connectivity index is 1.76. The number of carbonyl (C=O) groups excluding carboxylic acids is 2. The molecule has 1 saturated heterocycles. The number of hydrogen-bond donors (Lipinski definition) is 2. The Labute approximate surface area is 130 Å². The van der Waals surface area contributed by atoms with Crippen molar-refractivity contribution >= 4 is 38.6 Å². The lowest BCUT2D eigenvalue weighted by Crippen LogP contribution is -2.41. The molecule has 0 bridgehead atoms. The molecule has 0 spiro atoms. The fourth-order valence-corrected chi connectivity index (χ4v) is 3.11. The van der Waals surface area contributed by atoms with Crippen LogP contribution in [-0.2, 0) is 4.79 Å². The minimum absolute atomic E-state index is 0.0229. The van der Waals surface area contributed by atoms with E-state index in [0.717, 1.165) is 15.4 Å². The quantitative estimate of drug-likeness (QED) is 0.871. The second kappa shape index (κ2) is 5.52. The van der Waals surface area contributed by atoms with Crippen LogP contribution >= 0.6 is 15.9 Å². The van der Waals surface area contributed by atoms with E-state index < -0.39 is 0 Å². The van der Waals surface area contributed by atoms with E-state index in [-0.39, 0.29) is 17.7 Å². The average Bonchev–Trinajstić information content (AvgIpc) is 2.89. The fourth-order valence-electron chi connectivity index (χ4n) is 2.75. The van der Waals surface area contributed by atoms with Crippen LogP contribution in [0.15, 0.2) is 28.7 Å². The average molecular weight is 350 g/mol. The van der Waals surface area contributed by atoms with Gasteiger partial charge in [0.1, 0.15) is 5.69 Å². The number of likely N-dealkylation sites (tertiary alicyclic amines) is 1. The summed E-state index contributed by atoms with van der Waals surface area (Å²) in [4.78, 5) is 28.6. The van der Waals surface area contributed by atoms with Crippen LogP contribution in [0.4, 0.5) is 0 Å². The summed E-state index contributed by atoms with van der Waals surface area (Å²) in [5.74, 6) is -0.393. The van der Waals surface area contributed by atoms with Gasteiger partial charge in [0.15, 0.2) is 0 Å². The summed E-state index contributed by atoms with van der Waals surface area (Å²) in [6.07, 6.45) is 1.29. The molecule has 0 saturated carbocycles. The SMILES string of the molecule is NC(=O)C1CCN(C(=O)c2cc3ccc(Br)cc3[nH]2)CC1. The first-order valence-corrected chi connectivity index (χ1v) is 7.71. The number of nitrogens with one attached hydrogen (secondary N) is 1. The highest BCUT2D eigenvalue weighted by atomic mass is 79.9. The van der Waals surface area contributed by atoms with Gasteiger partial charge in [-0.1, -0.05) is 22.0 Å². The topological polar surface area (TPSA) is 79.2 Å². The smallest absolute Gasteiger partial charge is 0.270 e. The van der Waals surface area contributed by atoms with Crippen molar-refractivity contribution in [2.24, 2.45) is 11.7 Å². The number of rotatable bonds is 2. The number of fused-ring (bicyclic) bond motifs is 1. The molecule has 0 atom stereocenters. The van der Waals surface area contributed by atoms with Crippen LogP contribution in [0.5, 0.6) is 0 Å². The molecule has 1 fully saturated rings. The van der Waals surface area contributed by atoms with E-state index in [0.29, 0.717) is 31.6 Å². The lowest BCUT2D eigenvalue weighted by Gasteiger charge is -2.30. The van der Waals surface area contributed by atoms with Gasteiger partial charge in [0.2, 0.25) is 5.91 Å². The first-order chi connectivity index (χ1) is 10.0. The van der Waals surface area contributed by atoms with Gasteiger partial charge in [-0.25, -0.2) is 0 Å². The predicted octanol–water partition coefficient (Wildman–Crippen LogP) is 2.27. The van der Waals surface area contributed by atoms with E-state index in [1.54, 1.807) is 4.90 Å². The van der Waals surface area contributed by atoms with E-state index in [2.05, 4.69) is 20.9 Å². The van der Waals surface area contributed by atoms with Gasteiger partial charge in [0.25, 0.3) is 5.91 Å². The number of benzene rings is 1. The highest BCUT2D eigenvalue weighted by Crippen LogP contribution is 2.23. The van der Waals surface area contributed by atoms with Gasteiger partial charge < -0.3 is 15.6 Å². The van der Waals surface area contributed by atoms with Crippen LogP contribution in [0.25, 0.3) is 10.9 Å². The molecule has 0 unspecified atom stereocenters. The van der Waals surface area contributed by atoms with Crippen molar-refractivity contribution in [3.05, 3.63) is 34.4 Å². The normalized spacial score (nSPS) is 16.3. The maximum atomic E-state index is 12.5. The first kappa shape index (κ1) is 14.1. The number of nitrogens with zero attached hydrogens (tertiary/aromatic N) is 1. The molecule has 110 valence electrons. The molecule has 21 heavy (non-hydrogen) atoms. The molecule has 1 aromatic carbocycles. The highest BCUT2D eigenvalue weighted by molar-refractivity contribution is 9.10. The molecule has 5 nitrogen and oxygen atoms in total. The third kappa shape index (κ3) is 2.81. The van der Waals surface area contributed by atoms with Crippen LogP contribution in [0, 0.1) is 5.92 Å². The standard InChI is InChI=1S/C15H16BrN3O2/c16-11-2-1-10-7-13(18-12(10)8-11)15(21)19-5-3-9(4-6-19)14(17)20/h1-2,7-9,18H,3-6H2,(H2,17,20). The van der Waals surface area contributed by atoms with Crippen LogP contribution < -0.4 is 5.73 Å². The Kier molecular flexibility index (Phi) is 3.71. The number of aromatic nitrogens is 1. The molecule has 0 aliphatic carbocycles. The third-order valence-electron chi connectivity index (χ3n) is 4.00. The molecule has 2 heterocycles. The van der Waals surface area contributed by atoms with Crippen LogP contribution in [0.2, 0.25) is 0 Å². The Morgan fingerprint density at radius 3 is 2.62 bits per heavy atom. The lowest BCUT2D eigenvalue weighted by molar-refractivity contribution is -0.123. The Morgan fingerprint density at radius 1 is 1.24 bits per heavy atom. The van der Waals surface area contributed by atoms with E-state index in [4.69, 9.17) is 5.73 Å². The number of H-pyrrole nitrogens is 1. The summed E-state index contributed by atoms with van der Waals surface area (Å²) >= 11 is 3.42. The molecule has 0 radical (unpaired) electrons. The lowest BCUT2D eigenvalue weighted by atomic mass is 9.96. The van der Waals surface area contributed by atoms with Gasteiger partial charge in [-0.05, 0) is 31.0 Å². The number of amides is 2. The number of halogens is 1. The molecular weight excluding hydrogens is 334 g/mol. The fraction of sp³-hybridized carbons (Fsp3) is 0.333. The summed E-state index contributed by atoms with van der Waals surface area (Å²) in [5.41, 5.74) is 6.83. The minimum Gasteiger partial charge on any atom is -0.369 e. The third-order valence-corrected chi connectivity index (χ3v) is 4.49. The van der Waals surface area contributed by atoms with Gasteiger partial charge >= 0.3 is 0 Å². The minimum atomic E-state index is -0.266. The molecule has 2 aromatic rings. The van der Waals surface area contributed by atoms with E-state index in [9.17, 15) is 9.59 Å². The molecule has 1 aliphatic heterocycles. The monoisotopic (exact) mass is 349 g/mol. The number of primary amides is 1. The maximum absolute atomic E-state index is 12.5. The largest absolute Gasteiger partial charge is 0.369 e. The Bertz CT molecular complexity index is 702. The molecule has 1 aliphatic rings. The zero-order valence-corrected chi connectivity index (χ0v) is 13.0. The van der Waals surface area contributed by atoms with Gasteiger partial charge in [0.05, 0.1) is 0 Å². The highest BCUT2D eigenvalue weighted by Gasteiger charge is 2.27. The molecule has 3 rings (SSSR count). The maximum Gasteiger partial charge on any atom is 0.270 e. The van der Waals surface area contributed by atoms with Gasteiger partial charge in [0, 0.05) is 34.4 Å². The van der Waals surface area contributed by atoms with E-state index >= 15 is 0 Å². The van der Waals surface area contributed by atoms with Crippen molar-refractivity contribution < 1.29 is 9.59 Å². The zero-order valence-electron chi connectivity index (χ0n) is 11.4. The summed E-state index contributed by atoms with van der Waals surface area (Å²) in [5, 5.41) is 1.01. The van der Waals surface area contributed by atoms with Crippen molar-refractivity contribution in [3.8, 4) is 0 Å². The first-order valence-electron chi connectivity index (χ1n) is 6.91. The number of nitrogens with two attached hydrogens (primary N) is 1. The van der Waals surface area contributed by atoms with Crippen molar-refractivity contribution in [2.45, 2.75) is 12.8 Å². The molecule has 6 heteroatoms. The Morgan fingerprint density at radius 2 is 1.95 bits per heavy atom. The summed E-state index contributed by atoms with van der Waals surface area (Å²) in [7, 11) is 0. The van der Waals surface area contributed by atoms with Crippen molar-refractivity contribution in [3.63, 3.8) is 0 Å². The summed E-state index contributed by atoms with van der Waals surface area (Å²) in [6.45, 7) is 1.15. The van der Waals surface area contributed by atoms with Crippen LogP contribution in [0.1, 0.15) is 23.3 Å². The van der Waals surface area contributed by atoms with Crippen molar-refractivity contribution in [1.29, 1.82) is 0 Å². The Hall–Kier alpha value is -1.82. The second-order valence-corrected chi connectivity index (χ2v) is 6.30. The molecule has 2 amide bonds. The summed E-state index contributed by atoms with van der Waals surface area (Å²) in [6, 6.07) is 7.73. The summed E-state index contributed by atoms with van der Waals surface area (Å²) < 4.78 is 0.970. The van der Waals surface area contributed by atoms with Crippen LogP contribution in [0.3, 0.4) is 0 Å². The molecule has 1 aromatic heterocycles. The second-order valence-electron chi connectivity index (χ2n) is 5.38.